The zero-order chi connectivity index (χ0) is 17.0. The molecular formula is C15H16ClF3N2O2. The largest absolute Gasteiger partial charge is 0.471 e. The predicted molar refractivity (Wildman–Crippen MR) is 79.0 cm³/mol. The molecule has 0 N–H and O–H groups in total. The van der Waals surface area contributed by atoms with Crippen molar-refractivity contribution in [2.75, 3.05) is 26.2 Å². The van der Waals surface area contributed by atoms with Crippen molar-refractivity contribution in [2.45, 2.75) is 19.0 Å². The maximum Gasteiger partial charge on any atom is 0.471 e. The minimum absolute atomic E-state index is 0.0922. The molecule has 1 aliphatic heterocycles. The number of hydrogen-bond donors (Lipinski definition) is 0. The van der Waals surface area contributed by atoms with Crippen LogP contribution < -0.4 is 0 Å². The Morgan fingerprint density at radius 2 is 1.52 bits per heavy atom. The minimum Gasteiger partial charge on any atom is -0.339 e. The first-order valence-electron chi connectivity index (χ1n) is 7.15. The number of piperazine rings is 1. The van der Waals surface area contributed by atoms with Crippen LogP contribution in [-0.4, -0.2) is 54.0 Å². The van der Waals surface area contributed by atoms with Crippen LogP contribution in [0.1, 0.15) is 12.0 Å². The van der Waals surface area contributed by atoms with E-state index in [0.717, 1.165) is 10.5 Å². The summed E-state index contributed by atoms with van der Waals surface area (Å²) in [5.41, 5.74) is 0.966. The van der Waals surface area contributed by atoms with Crippen molar-refractivity contribution < 1.29 is 22.8 Å². The fourth-order valence-corrected chi connectivity index (χ4v) is 2.52. The minimum atomic E-state index is -4.86. The van der Waals surface area contributed by atoms with Gasteiger partial charge in [0.1, 0.15) is 0 Å². The summed E-state index contributed by atoms with van der Waals surface area (Å²) in [6, 6.07) is 7.14. The molecule has 23 heavy (non-hydrogen) atoms. The molecule has 2 rings (SSSR count). The lowest BCUT2D eigenvalue weighted by atomic mass is 10.1. The Morgan fingerprint density at radius 3 is 2.04 bits per heavy atom. The van der Waals surface area contributed by atoms with Gasteiger partial charge in [-0.15, -0.1) is 0 Å². The van der Waals surface area contributed by atoms with E-state index in [9.17, 15) is 22.8 Å². The highest BCUT2D eigenvalue weighted by molar-refractivity contribution is 6.30. The van der Waals surface area contributed by atoms with Crippen molar-refractivity contribution >= 4 is 23.4 Å². The Kier molecular flexibility index (Phi) is 5.51. The molecule has 0 saturated carbocycles. The third-order valence-electron chi connectivity index (χ3n) is 3.70. The lowest BCUT2D eigenvalue weighted by Gasteiger charge is -2.35. The molecule has 1 aromatic carbocycles. The van der Waals surface area contributed by atoms with Crippen LogP contribution in [0, 0.1) is 0 Å². The third kappa shape index (κ3) is 4.86. The van der Waals surface area contributed by atoms with Gasteiger partial charge in [-0.25, -0.2) is 0 Å². The van der Waals surface area contributed by atoms with Crippen molar-refractivity contribution in [2.24, 2.45) is 0 Å². The van der Waals surface area contributed by atoms with E-state index in [2.05, 4.69) is 0 Å². The average Bonchev–Trinajstić information content (AvgIpc) is 2.52. The Hall–Kier alpha value is -1.76. The van der Waals surface area contributed by atoms with Gasteiger partial charge in [0.15, 0.2) is 0 Å². The number of aryl methyl sites for hydroxylation is 1. The summed E-state index contributed by atoms with van der Waals surface area (Å²) in [5, 5.41) is 0.616. The van der Waals surface area contributed by atoms with E-state index in [1.165, 1.54) is 4.90 Å². The molecule has 0 aliphatic carbocycles. The van der Waals surface area contributed by atoms with Crippen LogP contribution in [-0.2, 0) is 16.0 Å². The summed E-state index contributed by atoms with van der Waals surface area (Å²) < 4.78 is 37.0. The number of rotatable bonds is 3. The zero-order valence-corrected chi connectivity index (χ0v) is 13.0. The fraction of sp³-hybridized carbons (Fsp3) is 0.467. The summed E-state index contributed by atoms with van der Waals surface area (Å²) in [6.45, 7) is 0.0681. The van der Waals surface area contributed by atoms with Gasteiger partial charge in [-0.3, -0.25) is 9.59 Å². The number of hydrogen-bond acceptors (Lipinski definition) is 2. The van der Waals surface area contributed by atoms with Gasteiger partial charge in [-0.2, -0.15) is 13.2 Å². The first-order valence-corrected chi connectivity index (χ1v) is 7.53. The van der Waals surface area contributed by atoms with Gasteiger partial charge in [0.2, 0.25) is 5.91 Å². The number of carbonyl (C=O) groups is 2. The smallest absolute Gasteiger partial charge is 0.339 e. The highest BCUT2D eigenvalue weighted by Gasteiger charge is 2.43. The van der Waals surface area contributed by atoms with Gasteiger partial charge < -0.3 is 9.80 Å². The van der Waals surface area contributed by atoms with Gasteiger partial charge in [0.05, 0.1) is 0 Å². The predicted octanol–water partition coefficient (Wildman–Crippen LogP) is 2.51. The van der Waals surface area contributed by atoms with Crippen molar-refractivity contribution in [3.63, 3.8) is 0 Å². The van der Waals surface area contributed by atoms with E-state index < -0.39 is 12.1 Å². The van der Waals surface area contributed by atoms with Crippen LogP contribution in [0.2, 0.25) is 5.02 Å². The van der Waals surface area contributed by atoms with E-state index in [4.69, 9.17) is 11.6 Å². The molecular weight excluding hydrogens is 333 g/mol. The second-order valence-corrected chi connectivity index (χ2v) is 5.73. The van der Waals surface area contributed by atoms with Crippen LogP contribution in [0.4, 0.5) is 13.2 Å². The van der Waals surface area contributed by atoms with E-state index in [-0.39, 0.29) is 38.5 Å². The Labute approximate surface area is 136 Å². The van der Waals surface area contributed by atoms with Gasteiger partial charge in [-0.1, -0.05) is 23.7 Å². The van der Waals surface area contributed by atoms with Crippen molar-refractivity contribution in [1.82, 2.24) is 9.80 Å². The molecule has 0 spiro atoms. The van der Waals surface area contributed by atoms with Crippen molar-refractivity contribution in [3.05, 3.63) is 34.9 Å². The summed E-state index contributed by atoms with van der Waals surface area (Å²) in [7, 11) is 0. The molecule has 1 fully saturated rings. The quantitative estimate of drug-likeness (QED) is 0.842. The first kappa shape index (κ1) is 17.6. The topological polar surface area (TPSA) is 40.6 Å². The fourth-order valence-electron chi connectivity index (χ4n) is 2.40. The summed E-state index contributed by atoms with van der Waals surface area (Å²) >= 11 is 5.78. The monoisotopic (exact) mass is 348 g/mol. The van der Waals surface area contributed by atoms with Crippen molar-refractivity contribution in [1.29, 1.82) is 0 Å². The first-order chi connectivity index (χ1) is 10.8. The van der Waals surface area contributed by atoms with E-state index in [1.807, 2.05) is 12.1 Å². The lowest BCUT2D eigenvalue weighted by Crippen LogP contribution is -2.53. The van der Waals surface area contributed by atoms with Gasteiger partial charge in [0.25, 0.3) is 0 Å². The zero-order valence-electron chi connectivity index (χ0n) is 12.3. The second kappa shape index (κ2) is 7.21. The van der Waals surface area contributed by atoms with Gasteiger partial charge in [0, 0.05) is 37.6 Å². The molecule has 4 nitrogen and oxygen atoms in total. The number of halogens is 4. The van der Waals surface area contributed by atoms with Crippen LogP contribution in [0.15, 0.2) is 24.3 Å². The Bertz CT molecular complexity index is 567. The summed E-state index contributed by atoms with van der Waals surface area (Å²) in [6.07, 6.45) is -4.05. The molecule has 0 unspecified atom stereocenters. The van der Waals surface area contributed by atoms with Crippen LogP contribution >= 0.6 is 11.6 Å². The average molecular weight is 349 g/mol. The highest BCUT2D eigenvalue weighted by atomic mass is 35.5. The molecule has 0 aromatic heterocycles. The van der Waals surface area contributed by atoms with E-state index in [1.54, 1.807) is 12.1 Å². The Balaban J connectivity index is 1.79. The highest BCUT2D eigenvalue weighted by Crippen LogP contribution is 2.19. The molecule has 0 atom stereocenters. The van der Waals surface area contributed by atoms with E-state index >= 15 is 0 Å². The number of benzene rings is 1. The maximum atomic E-state index is 12.3. The van der Waals surface area contributed by atoms with E-state index in [0.29, 0.717) is 11.4 Å². The molecule has 1 saturated heterocycles. The molecule has 8 heteroatoms. The molecule has 1 aromatic rings. The van der Waals surface area contributed by atoms with Crippen LogP contribution in [0.5, 0.6) is 0 Å². The number of alkyl halides is 3. The van der Waals surface area contributed by atoms with Crippen molar-refractivity contribution in [3.8, 4) is 0 Å². The molecule has 126 valence electrons. The molecule has 1 heterocycles. The number of amides is 2. The molecule has 1 aliphatic rings. The number of carbonyl (C=O) groups excluding carboxylic acids is 2. The van der Waals surface area contributed by atoms with Gasteiger partial charge in [-0.05, 0) is 24.1 Å². The number of nitrogens with zero attached hydrogens (tertiary/aromatic N) is 2. The standard InChI is InChI=1S/C15H16ClF3N2O2/c16-12-4-1-11(2-5-12)3-6-13(22)20-7-9-21(10-8-20)14(23)15(17,18)19/h1-2,4-5H,3,6-10H2. The summed E-state index contributed by atoms with van der Waals surface area (Å²) in [4.78, 5) is 25.4. The molecule has 2 amide bonds. The normalized spacial score (nSPS) is 15.7. The lowest BCUT2D eigenvalue weighted by molar-refractivity contribution is -0.187. The van der Waals surface area contributed by atoms with Crippen LogP contribution in [0.25, 0.3) is 0 Å². The maximum absolute atomic E-state index is 12.3. The molecule has 0 bridgehead atoms. The Morgan fingerprint density at radius 1 is 1.00 bits per heavy atom. The van der Waals surface area contributed by atoms with Crippen LogP contribution in [0.3, 0.4) is 0 Å². The van der Waals surface area contributed by atoms with Gasteiger partial charge >= 0.3 is 12.1 Å². The second-order valence-electron chi connectivity index (χ2n) is 5.30. The SMILES string of the molecule is O=C(CCc1ccc(Cl)cc1)N1CCN(C(=O)C(F)(F)F)CC1. The summed E-state index contributed by atoms with van der Waals surface area (Å²) in [5.74, 6) is -1.97. The third-order valence-corrected chi connectivity index (χ3v) is 3.95. The molecule has 0 radical (unpaired) electrons.